The van der Waals surface area contributed by atoms with Gasteiger partial charge in [-0.05, 0) is 29.3 Å². The molecular formula is C18H14N2O3S2. The second-order valence-corrected chi connectivity index (χ2v) is 7.59. The summed E-state index contributed by atoms with van der Waals surface area (Å²) in [5, 5.41) is 21.4. The smallest absolute Gasteiger partial charge is 0.309 e. The zero-order valence-corrected chi connectivity index (χ0v) is 15.0. The highest BCUT2D eigenvalue weighted by molar-refractivity contribution is 7.17. The molecule has 3 heterocycles. The fourth-order valence-electron chi connectivity index (χ4n) is 2.93. The zero-order valence-electron chi connectivity index (χ0n) is 13.4. The molecular weight excluding hydrogens is 356 g/mol. The van der Waals surface area contributed by atoms with E-state index in [1.54, 1.807) is 22.1 Å². The number of carboxylic acids is 1. The van der Waals surface area contributed by atoms with E-state index in [1.807, 2.05) is 12.3 Å². The Labute approximate surface area is 150 Å². The fourth-order valence-corrected chi connectivity index (χ4v) is 4.70. The van der Waals surface area contributed by atoms with Crippen molar-refractivity contribution in [2.75, 3.05) is 0 Å². The van der Waals surface area contributed by atoms with Crippen LogP contribution < -0.4 is 5.56 Å². The van der Waals surface area contributed by atoms with Crippen LogP contribution in [0, 0.1) is 6.92 Å². The highest BCUT2D eigenvalue weighted by atomic mass is 32.1. The molecule has 25 heavy (non-hydrogen) atoms. The van der Waals surface area contributed by atoms with Crippen LogP contribution in [0.15, 0.2) is 39.1 Å². The molecule has 4 rings (SSSR count). The summed E-state index contributed by atoms with van der Waals surface area (Å²) in [6.45, 7) is 2.37. The number of carbonyl (C=O) groups is 1. The van der Waals surface area contributed by atoms with Crippen molar-refractivity contribution >= 4 is 49.5 Å². The second-order valence-electron chi connectivity index (χ2n) is 5.94. The molecule has 0 aliphatic heterocycles. The van der Waals surface area contributed by atoms with Gasteiger partial charge in [0.2, 0.25) is 0 Å². The summed E-state index contributed by atoms with van der Waals surface area (Å²) >= 11 is 3.02. The van der Waals surface area contributed by atoms with E-state index in [1.165, 1.54) is 16.0 Å². The molecule has 5 nitrogen and oxygen atoms in total. The Morgan fingerprint density at radius 1 is 1.20 bits per heavy atom. The molecule has 0 bridgehead atoms. The van der Waals surface area contributed by atoms with E-state index < -0.39 is 5.97 Å². The van der Waals surface area contributed by atoms with Crippen LogP contribution in [0.5, 0.6) is 0 Å². The lowest BCUT2D eigenvalue weighted by atomic mass is 10.1. The Balaban J connectivity index is 1.85. The molecule has 0 atom stereocenters. The van der Waals surface area contributed by atoms with Crippen LogP contribution in [-0.4, -0.2) is 20.9 Å². The number of benzene rings is 1. The molecule has 0 saturated heterocycles. The number of carboxylic acid groups (broad SMARTS) is 1. The quantitative estimate of drug-likeness (QED) is 0.595. The molecule has 126 valence electrons. The van der Waals surface area contributed by atoms with Crippen LogP contribution >= 0.6 is 22.7 Å². The van der Waals surface area contributed by atoms with Gasteiger partial charge >= 0.3 is 5.97 Å². The minimum Gasteiger partial charge on any atom is -0.481 e. The number of thiophene rings is 2. The van der Waals surface area contributed by atoms with E-state index in [4.69, 9.17) is 5.11 Å². The molecule has 0 saturated carbocycles. The monoisotopic (exact) mass is 370 g/mol. The summed E-state index contributed by atoms with van der Waals surface area (Å²) in [7, 11) is 0. The SMILES string of the molecule is Cc1ccc2scc(Cn3nc(CC(=O)O)c4cscc4c3=O)c2c1. The van der Waals surface area contributed by atoms with E-state index in [9.17, 15) is 9.59 Å². The van der Waals surface area contributed by atoms with E-state index in [0.717, 1.165) is 21.2 Å². The molecule has 0 radical (unpaired) electrons. The van der Waals surface area contributed by atoms with Crippen molar-refractivity contribution in [3.63, 3.8) is 0 Å². The number of rotatable bonds is 4. The Morgan fingerprint density at radius 2 is 2.00 bits per heavy atom. The summed E-state index contributed by atoms with van der Waals surface area (Å²) in [4.78, 5) is 23.9. The van der Waals surface area contributed by atoms with Crippen molar-refractivity contribution in [2.24, 2.45) is 0 Å². The summed E-state index contributed by atoms with van der Waals surface area (Å²) < 4.78 is 2.55. The van der Waals surface area contributed by atoms with Crippen LogP contribution in [-0.2, 0) is 17.8 Å². The highest BCUT2D eigenvalue weighted by Crippen LogP contribution is 2.27. The largest absolute Gasteiger partial charge is 0.481 e. The van der Waals surface area contributed by atoms with E-state index in [0.29, 0.717) is 23.0 Å². The number of fused-ring (bicyclic) bond motifs is 2. The lowest BCUT2D eigenvalue weighted by Crippen LogP contribution is -2.25. The molecule has 0 aliphatic carbocycles. The highest BCUT2D eigenvalue weighted by Gasteiger charge is 2.15. The Morgan fingerprint density at radius 3 is 2.80 bits per heavy atom. The molecule has 1 N–H and O–H groups in total. The van der Waals surface area contributed by atoms with E-state index >= 15 is 0 Å². The van der Waals surface area contributed by atoms with Crippen molar-refractivity contribution in [2.45, 2.75) is 19.9 Å². The van der Waals surface area contributed by atoms with Crippen molar-refractivity contribution in [3.8, 4) is 0 Å². The fraction of sp³-hybridized carbons (Fsp3) is 0.167. The Kier molecular flexibility index (Phi) is 3.89. The van der Waals surface area contributed by atoms with Gasteiger partial charge in [-0.1, -0.05) is 17.7 Å². The van der Waals surface area contributed by atoms with Crippen molar-refractivity contribution in [1.29, 1.82) is 0 Å². The predicted molar refractivity (Wildman–Crippen MR) is 101 cm³/mol. The number of nitrogens with zero attached hydrogens (tertiary/aromatic N) is 2. The third kappa shape index (κ3) is 2.85. The minimum absolute atomic E-state index is 0.183. The minimum atomic E-state index is -0.957. The standard InChI is InChI=1S/C18H14N2O3S2/c1-10-2-3-16-12(4-10)11(7-25-16)6-20-18(23)14-9-24-8-13(14)15(19-20)5-17(21)22/h2-4,7-9H,5-6H2,1H3,(H,21,22). The van der Waals surface area contributed by atoms with Gasteiger partial charge in [-0.25, -0.2) is 4.68 Å². The number of aryl methyl sites for hydroxylation is 1. The molecule has 4 aromatic rings. The summed E-state index contributed by atoms with van der Waals surface area (Å²) in [6, 6.07) is 6.25. The van der Waals surface area contributed by atoms with Crippen molar-refractivity contribution < 1.29 is 9.90 Å². The number of hydrogen-bond donors (Lipinski definition) is 1. The topological polar surface area (TPSA) is 72.2 Å². The summed E-state index contributed by atoms with van der Waals surface area (Å²) in [5.41, 5.74) is 2.43. The van der Waals surface area contributed by atoms with Crippen molar-refractivity contribution in [1.82, 2.24) is 9.78 Å². The van der Waals surface area contributed by atoms with Gasteiger partial charge in [0, 0.05) is 20.8 Å². The van der Waals surface area contributed by atoms with Crippen LogP contribution in [0.2, 0.25) is 0 Å². The number of aromatic nitrogens is 2. The summed E-state index contributed by atoms with van der Waals surface area (Å²) in [5.74, 6) is -0.957. The maximum atomic E-state index is 12.7. The van der Waals surface area contributed by atoms with E-state index in [2.05, 4.69) is 23.3 Å². The van der Waals surface area contributed by atoms with Gasteiger partial charge < -0.3 is 5.11 Å². The molecule has 0 fully saturated rings. The molecule has 0 spiro atoms. The molecule has 0 unspecified atom stereocenters. The summed E-state index contributed by atoms with van der Waals surface area (Å²) in [6.07, 6.45) is -0.197. The lowest BCUT2D eigenvalue weighted by Gasteiger charge is -2.08. The van der Waals surface area contributed by atoms with Gasteiger partial charge in [0.1, 0.15) is 0 Å². The van der Waals surface area contributed by atoms with Crippen LogP contribution in [0.1, 0.15) is 16.8 Å². The third-order valence-electron chi connectivity index (χ3n) is 4.13. The van der Waals surface area contributed by atoms with Gasteiger partial charge in [0.15, 0.2) is 0 Å². The van der Waals surface area contributed by atoms with Crippen molar-refractivity contribution in [3.05, 3.63) is 61.5 Å². The van der Waals surface area contributed by atoms with Crippen LogP contribution in [0.25, 0.3) is 20.9 Å². The van der Waals surface area contributed by atoms with Gasteiger partial charge in [-0.2, -0.15) is 16.4 Å². The first-order chi connectivity index (χ1) is 12.0. The Hall–Kier alpha value is -2.51. The second kappa shape index (κ2) is 6.09. The maximum absolute atomic E-state index is 12.7. The number of aliphatic carboxylic acids is 1. The average molecular weight is 370 g/mol. The average Bonchev–Trinajstić information content (AvgIpc) is 3.19. The van der Waals surface area contributed by atoms with Gasteiger partial charge in [0.25, 0.3) is 5.56 Å². The lowest BCUT2D eigenvalue weighted by molar-refractivity contribution is -0.136. The molecule has 7 heteroatoms. The molecule has 1 aromatic carbocycles. The molecule has 0 amide bonds. The van der Waals surface area contributed by atoms with Gasteiger partial charge in [-0.3, -0.25) is 9.59 Å². The molecule has 0 aliphatic rings. The first-order valence-corrected chi connectivity index (χ1v) is 9.49. The van der Waals surface area contributed by atoms with Crippen LogP contribution in [0.4, 0.5) is 0 Å². The Bertz CT molecular complexity index is 1170. The maximum Gasteiger partial charge on any atom is 0.309 e. The normalized spacial score (nSPS) is 11.4. The zero-order chi connectivity index (χ0) is 17.6. The van der Waals surface area contributed by atoms with Gasteiger partial charge in [-0.15, -0.1) is 11.3 Å². The predicted octanol–water partition coefficient (Wildman–Crippen LogP) is 3.66. The molecule has 3 aromatic heterocycles. The first-order valence-electron chi connectivity index (χ1n) is 7.67. The first kappa shape index (κ1) is 16.0. The third-order valence-corrected chi connectivity index (χ3v) is 5.88. The van der Waals surface area contributed by atoms with E-state index in [-0.39, 0.29) is 12.0 Å². The van der Waals surface area contributed by atoms with Gasteiger partial charge in [0.05, 0.1) is 24.0 Å². The number of hydrogen-bond acceptors (Lipinski definition) is 5. The van der Waals surface area contributed by atoms with Crippen LogP contribution in [0.3, 0.4) is 0 Å².